The summed E-state index contributed by atoms with van der Waals surface area (Å²) in [4.78, 5) is 45.4. The lowest BCUT2D eigenvalue weighted by Crippen LogP contribution is -2.50. The van der Waals surface area contributed by atoms with Crippen molar-refractivity contribution in [1.82, 2.24) is 10.4 Å². The number of ether oxygens (including phenoxy) is 1. The van der Waals surface area contributed by atoms with Crippen molar-refractivity contribution in [3.8, 4) is 0 Å². The molecule has 5 rings (SSSR count). The molecule has 4 heterocycles. The van der Waals surface area contributed by atoms with Gasteiger partial charge in [0.1, 0.15) is 11.9 Å². The van der Waals surface area contributed by atoms with Gasteiger partial charge < -0.3 is 19.9 Å². The fraction of sp³-hybridized carbons (Fsp3) is 0.440. The van der Waals surface area contributed by atoms with Crippen molar-refractivity contribution in [3.63, 3.8) is 0 Å². The number of halogens is 1. The van der Waals surface area contributed by atoms with Gasteiger partial charge in [-0.2, -0.15) is 0 Å². The normalized spacial score (nSPS) is 21.0. The summed E-state index contributed by atoms with van der Waals surface area (Å²) in [6, 6.07) is 8.00. The van der Waals surface area contributed by atoms with E-state index in [1.807, 2.05) is 24.0 Å². The molecular formula is C25H29FN7O4+. The number of anilines is 3. The Kier molecular flexibility index (Phi) is 6.48. The predicted octanol–water partition coefficient (Wildman–Crippen LogP) is 1.53. The first-order valence-corrected chi connectivity index (χ1v) is 12.2. The van der Waals surface area contributed by atoms with Gasteiger partial charge in [0.15, 0.2) is 17.3 Å². The number of amides is 2. The predicted molar refractivity (Wildman–Crippen MR) is 134 cm³/mol. The van der Waals surface area contributed by atoms with Crippen LogP contribution in [0.2, 0.25) is 0 Å². The second-order valence-electron chi connectivity index (χ2n) is 9.42. The van der Waals surface area contributed by atoms with Crippen LogP contribution in [-0.2, 0) is 14.3 Å². The second kappa shape index (κ2) is 9.75. The molecule has 2 atom stereocenters. The molecule has 12 heteroatoms. The van der Waals surface area contributed by atoms with E-state index in [2.05, 4.69) is 20.3 Å². The Balaban J connectivity index is 1.23. The summed E-state index contributed by atoms with van der Waals surface area (Å²) in [7, 11) is 0. The van der Waals surface area contributed by atoms with Crippen molar-refractivity contribution in [2.45, 2.75) is 32.9 Å². The van der Waals surface area contributed by atoms with Crippen LogP contribution < -0.4 is 24.7 Å². The molecular weight excluding hydrogens is 481 g/mol. The zero-order valence-corrected chi connectivity index (χ0v) is 21.0. The van der Waals surface area contributed by atoms with E-state index < -0.39 is 24.1 Å². The van der Waals surface area contributed by atoms with Crippen molar-refractivity contribution < 1.29 is 28.2 Å². The number of benzene rings is 1. The molecule has 2 aromatic rings. The molecule has 0 bridgehead atoms. The van der Waals surface area contributed by atoms with Gasteiger partial charge in [-0.15, -0.1) is 4.68 Å². The monoisotopic (exact) mass is 510 g/mol. The summed E-state index contributed by atoms with van der Waals surface area (Å²) >= 11 is 0. The molecule has 1 N–H and O–H groups in total. The molecule has 0 radical (unpaired) electrons. The van der Waals surface area contributed by atoms with Crippen LogP contribution in [0.15, 0.2) is 35.3 Å². The third kappa shape index (κ3) is 4.83. The average molecular weight is 511 g/mol. The molecule has 37 heavy (non-hydrogen) atoms. The number of Topliss-reactive ketones (excluding diaryl/α,β-unsaturated/α-hetero) is 1. The Bertz CT molecular complexity index is 1290. The maximum absolute atomic E-state index is 15.1. The van der Waals surface area contributed by atoms with Crippen LogP contribution in [-0.4, -0.2) is 74.0 Å². The fourth-order valence-electron chi connectivity index (χ4n) is 4.95. The minimum absolute atomic E-state index is 0.0103. The lowest BCUT2D eigenvalue weighted by atomic mass is 10.1. The van der Waals surface area contributed by atoms with Crippen LogP contribution in [0.4, 0.5) is 32.2 Å². The largest absolute Gasteiger partial charge is 0.442 e. The van der Waals surface area contributed by atoms with Crippen molar-refractivity contribution in [2.75, 3.05) is 54.0 Å². The number of carbonyl (C=O) groups excluding carboxylic acids is 3. The van der Waals surface area contributed by atoms with Crippen molar-refractivity contribution in [1.29, 1.82) is 0 Å². The lowest BCUT2D eigenvalue weighted by Gasteiger charge is -2.36. The summed E-state index contributed by atoms with van der Waals surface area (Å²) in [6.07, 6.45) is -1.05. The molecule has 2 amide bonds. The highest BCUT2D eigenvalue weighted by molar-refractivity contribution is 6.05. The van der Waals surface area contributed by atoms with Crippen LogP contribution in [0.1, 0.15) is 26.8 Å². The molecule has 11 nitrogen and oxygen atoms in total. The maximum Gasteiger partial charge on any atom is 0.414 e. The Morgan fingerprint density at radius 2 is 1.86 bits per heavy atom. The number of fused-ring (bicyclic) bond motifs is 1. The Labute approximate surface area is 213 Å². The maximum atomic E-state index is 15.1. The van der Waals surface area contributed by atoms with Gasteiger partial charge in [-0.25, -0.2) is 9.18 Å². The number of hydrogen-bond donors (Lipinski definition) is 1. The topological polar surface area (TPSA) is 111 Å². The fourth-order valence-corrected chi connectivity index (χ4v) is 4.95. The van der Waals surface area contributed by atoms with E-state index in [-0.39, 0.29) is 24.8 Å². The van der Waals surface area contributed by atoms with Gasteiger partial charge in [-0.3, -0.25) is 14.5 Å². The van der Waals surface area contributed by atoms with Gasteiger partial charge >= 0.3 is 11.9 Å². The molecule has 1 unspecified atom stereocenters. The van der Waals surface area contributed by atoms with Crippen molar-refractivity contribution in [2.24, 2.45) is 4.99 Å². The highest BCUT2D eigenvalue weighted by atomic mass is 19.1. The van der Waals surface area contributed by atoms with Gasteiger partial charge in [0, 0.05) is 46.1 Å². The zero-order chi connectivity index (χ0) is 26.3. The Morgan fingerprint density at radius 3 is 2.54 bits per heavy atom. The number of carbonyl (C=O) groups is 3. The van der Waals surface area contributed by atoms with E-state index >= 15 is 4.39 Å². The van der Waals surface area contributed by atoms with Crippen LogP contribution in [0.25, 0.3) is 0 Å². The summed E-state index contributed by atoms with van der Waals surface area (Å²) in [5.74, 6) is 0.762. The minimum atomic E-state index is -0.566. The molecule has 0 saturated carbocycles. The first-order chi connectivity index (χ1) is 17.7. The third-order valence-corrected chi connectivity index (χ3v) is 6.78. The summed E-state index contributed by atoms with van der Waals surface area (Å²) in [5, 5.41) is 7.31. The number of aliphatic imine (C=N–C) groups is 1. The van der Waals surface area contributed by atoms with Gasteiger partial charge in [0.2, 0.25) is 11.9 Å². The molecule has 194 valence electrons. The van der Waals surface area contributed by atoms with E-state index in [0.717, 1.165) is 11.5 Å². The minimum Gasteiger partial charge on any atom is -0.442 e. The molecule has 3 aliphatic rings. The SMILES string of the molecule is CC(=O)NC[C@H]1CN(c2ccc(N3CCN(c4ccc5[n+](n4)C(C(C)=O)C(C)=N5)CC3)c(F)c2)C(=O)O1. The first-order valence-electron chi connectivity index (χ1n) is 12.2. The standard InChI is InChI=1S/C25H28FN7O4/c1-15-24(16(2)34)33-22(28-15)6-7-23(29-33)31-10-8-30(9-11-31)21-5-4-18(12-20(21)26)32-14-19(37-25(32)36)13-27-17(3)35/h4-7,12,19,24H,8-11,13-14H2,1-3H3/p+1/t19-,24?/m0/s1. The van der Waals surface area contributed by atoms with Crippen LogP contribution in [0, 0.1) is 5.82 Å². The summed E-state index contributed by atoms with van der Waals surface area (Å²) in [5.41, 5.74) is 1.60. The van der Waals surface area contributed by atoms with E-state index in [0.29, 0.717) is 43.4 Å². The molecule has 2 fully saturated rings. The van der Waals surface area contributed by atoms with Crippen molar-refractivity contribution in [3.05, 3.63) is 36.1 Å². The smallest absolute Gasteiger partial charge is 0.414 e. The molecule has 2 saturated heterocycles. The summed E-state index contributed by atoms with van der Waals surface area (Å²) in [6.45, 7) is 7.61. The number of ketones is 1. The van der Waals surface area contributed by atoms with Gasteiger partial charge in [0.25, 0.3) is 0 Å². The second-order valence-corrected chi connectivity index (χ2v) is 9.42. The molecule has 0 aliphatic carbocycles. The Hall–Kier alpha value is -4.09. The molecule has 1 aromatic heterocycles. The van der Waals surface area contributed by atoms with Gasteiger partial charge in [0.05, 0.1) is 24.5 Å². The number of rotatable bonds is 6. The van der Waals surface area contributed by atoms with E-state index in [9.17, 15) is 14.4 Å². The van der Waals surface area contributed by atoms with Crippen molar-refractivity contribution >= 4 is 46.5 Å². The zero-order valence-electron chi connectivity index (χ0n) is 21.0. The number of nitrogens with zero attached hydrogens (tertiary/aromatic N) is 6. The average Bonchev–Trinajstić information content (AvgIpc) is 3.40. The highest BCUT2D eigenvalue weighted by Crippen LogP contribution is 2.29. The Morgan fingerprint density at radius 1 is 1.14 bits per heavy atom. The molecule has 1 aromatic carbocycles. The number of piperazine rings is 1. The van der Waals surface area contributed by atoms with E-state index in [1.165, 1.54) is 24.8 Å². The molecule has 3 aliphatic heterocycles. The number of cyclic esters (lactones) is 1. The van der Waals surface area contributed by atoms with Gasteiger partial charge in [-0.05, 0) is 36.2 Å². The van der Waals surface area contributed by atoms with E-state index in [4.69, 9.17) is 4.74 Å². The number of hydrogen-bond acceptors (Lipinski definition) is 8. The number of nitrogens with one attached hydrogen (secondary N) is 1. The van der Waals surface area contributed by atoms with Crippen LogP contribution >= 0.6 is 0 Å². The van der Waals surface area contributed by atoms with Gasteiger partial charge in [-0.1, -0.05) is 5.10 Å². The lowest BCUT2D eigenvalue weighted by molar-refractivity contribution is -0.733. The summed E-state index contributed by atoms with van der Waals surface area (Å²) < 4.78 is 22.1. The molecule has 0 spiro atoms. The third-order valence-electron chi connectivity index (χ3n) is 6.78. The van der Waals surface area contributed by atoms with Crippen LogP contribution in [0.3, 0.4) is 0 Å². The quantitative estimate of drug-likeness (QED) is 0.587. The first kappa shape index (κ1) is 24.6. The van der Waals surface area contributed by atoms with Crippen LogP contribution in [0.5, 0.6) is 0 Å². The van der Waals surface area contributed by atoms with E-state index in [1.54, 1.807) is 16.8 Å². The highest BCUT2D eigenvalue weighted by Gasteiger charge is 2.39. The number of aromatic nitrogens is 2.